The lowest BCUT2D eigenvalue weighted by Crippen LogP contribution is -2.58. The van der Waals surface area contributed by atoms with Crippen LogP contribution >= 0.6 is 0 Å². The number of methoxy groups -OCH3 is 1. The quantitative estimate of drug-likeness (QED) is 0.642. The molecular weight excluding hydrogens is 250 g/mol. The molecule has 2 heterocycles. The third-order valence-corrected chi connectivity index (χ3v) is 3.68. The number of ether oxygens (including phenoxy) is 2. The summed E-state index contributed by atoms with van der Waals surface area (Å²) in [6.45, 7) is 1.85. The first-order valence-electron chi connectivity index (χ1n) is 6.53. The third kappa shape index (κ3) is 3.05. The summed E-state index contributed by atoms with van der Waals surface area (Å²) in [6.07, 6.45) is 0.709. The number of likely N-dealkylation sites (N-methyl/N-ethyl adjacent to an activating group) is 1. The standard InChI is InChI=1S/C12H21N3O4/c1-13-11(16)10-7-19-4-3-15(10)12(17)9-5-8(18-2)6-14-9/h8-10,14H,3-7H2,1-2H3,(H,13,16). The highest BCUT2D eigenvalue weighted by atomic mass is 16.5. The van der Waals surface area contributed by atoms with Crippen molar-refractivity contribution in [3.05, 3.63) is 0 Å². The number of hydrogen-bond donors (Lipinski definition) is 2. The van der Waals surface area contributed by atoms with Gasteiger partial charge in [0.1, 0.15) is 6.04 Å². The van der Waals surface area contributed by atoms with E-state index < -0.39 is 6.04 Å². The Labute approximate surface area is 112 Å². The molecule has 2 aliphatic heterocycles. The molecule has 7 nitrogen and oxygen atoms in total. The summed E-state index contributed by atoms with van der Waals surface area (Å²) >= 11 is 0. The lowest BCUT2D eigenvalue weighted by atomic mass is 10.1. The molecule has 0 spiro atoms. The molecule has 0 radical (unpaired) electrons. The maximum Gasteiger partial charge on any atom is 0.244 e. The highest BCUT2D eigenvalue weighted by molar-refractivity contribution is 5.90. The van der Waals surface area contributed by atoms with Crippen LogP contribution in [0.2, 0.25) is 0 Å². The molecule has 2 N–H and O–H groups in total. The molecule has 0 aromatic heterocycles. The van der Waals surface area contributed by atoms with E-state index in [1.165, 1.54) is 0 Å². The van der Waals surface area contributed by atoms with Crippen molar-refractivity contribution in [3.63, 3.8) is 0 Å². The number of carbonyl (C=O) groups is 2. The van der Waals surface area contributed by atoms with Crippen molar-refractivity contribution < 1.29 is 19.1 Å². The van der Waals surface area contributed by atoms with Crippen molar-refractivity contribution in [2.24, 2.45) is 0 Å². The Morgan fingerprint density at radius 2 is 2.26 bits per heavy atom. The number of rotatable bonds is 3. The van der Waals surface area contributed by atoms with E-state index in [1.807, 2.05) is 0 Å². The van der Waals surface area contributed by atoms with Gasteiger partial charge >= 0.3 is 0 Å². The lowest BCUT2D eigenvalue weighted by molar-refractivity contribution is -0.149. The monoisotopic (exact) mass is 271 g/mol. The van der Waals surface area contributed by atoms with Crippen LogP contribution in [0.3, 0.4) is 0 Å². The van der Waals surface area contributed by atoms with Crippen LogP contribution < -0.4 is 10.6 Å². The van der Waals surface area contributed by atoms with Gasteiger partial charge in [-0.1, -0.05) is 0 Å². The van der Waals surface area contributed by atoms with Gasteiger partial charge in [0.25, 0.3) is 0 Å². The minimum absolute atomic E-state index is 0.0450. The Hall–Kier alpha value is -1.18. The van der Waals surface area contributed by atoms with Crippen LogP contribution in [-0.4, -0.2) is 75.4 Å². The lowest BCUT2D eigenvalue weighted by Gasteiger charge is -2.35. The van der Waals surface area contributed by atoms with Crippen LogP contribution in [0.15, 0.2) is 0 Å². The van der Waals surface area contributed by atoms with Crippen molar-refractivity contribution in [2.45, 2.75) is 24.6 Å². The molecule has 3 atom stereocenters. The molecule has 0 bridgehead atoms. The summed E-state index contributed by atoms with van der Waals surface area (Å²) in [5.41, 5.74) is 0. The molecule has 2 rings (SSSR count). The van der Waals surface area contributed by atoms with E-state index in [4.69, 9.17) is 9.47 Å². The zero-order valence-corrected chi connectivity index (χ0v) is 11.3. The largest absolute Gasteiger partial charge is 0.380 e. The second-order valence-corrected chi connectivity index (χ2v) is 4.79. The number of morpholine rings is 1. The van der Waals surface area contributed by atoms with Gasteiger partial charge in [0.2, 0.25) is 11.8 Å². The molecule has 19 heavy (non-hydrogen) atoms. The molecule has 2 fully saturated rings. The highest BCUT2D eigenvalue weighted by Crippen LogP contribution is 2.16. The van der Waals surface area contributed by atoms with Crippen LogP contribution in [0.4, 0.5) is 0 Å². The smallest absolute Gasteiger partial charge is 0.244 e. The minimum atomic E-state index is -0.533. The molecule has 0 saturated carbocycles. The van der Waals surface area contributed by atoms with Crippen LogP contribution in [0.25, 0.3) is 0 Å². The van der Waals surface area contributed by atoms with Crippen molar-refractivity contribution in [2.75, 3.05) is 40.5 Å². The Morgan fingerprint density at radius 3 is 2.89 bits per heavy atom. The van der Waals surface area contributed by atoms with Crippen LogP contribution in [0.5, 0.6) is 0 Å². The zero-order chi connectivity index (χ0) is 13.8. The first-order valence-corrected chi connectivity index (χ1v) is 6.53. The highest BCUT2D eigenvalue weighted by Gasteiger charge is 2.38. The molecule has 108 valence electrons. The molecule has 7 heteroatoms. The summed E-state index contributed by atoms with van der Waals surface area (Å²) in [5, 5.41) is 5.72. The van der Waals surface area contributed by atoms with Crippen molar-refractivity contribution in [1.29, 1.82) is 0 Å². The van der Waals surface area contributed by atoms with Gasteiger partial charge in [-0.3, -0.25) is 9.59 Å². The van der Waals surface area contributed by atoms with Gasteiger partial charge in [0.15, 0.2) is 0 Å². The van der Waals surface area contributed by atoms with Gasteiger partial charge in [-0.15, -0.1) is 0 Å². The minimum Gasteiger partial charge on any atom is -0.380 e. The first-order chi connectivity index (χ1) is 9.17. The van der Waals surface area contributed by atoms with Gasteiger partial charge in [-0.25, -0.2) is 0 Å². The topological polar surface area (TPSA) is 79.9 Å². The van der Waals surface area contributed by atoms with E-state index in [2.05, 4.69) is 10.6 Å². The Kier molecular flexibility index (Phi) is 4.73. The number of carbonyl (C=O) groups excluding carboxylic acids is 2. The van der Waals surface area contributed by atoms with E-state index >= 15 is 0 Å². The van der Waals surface area contributed by atoms with Crippen LogP contribution in [0, 0.1) is 0 Å². The van der Waals surface area contributed by atoms with Gasteiger partial charge in [-0.05, 0) is 6.42 Å². The fourth-order valence-electron chi connectivity index (χ4n) is 2.52. The van der Waals surface area contributed by atoms with E-state index in [9.17, 15) is 9.59 Å². The second kappa shape index (κ2) is 6.31. The average Bonchev–Trinajstić information content (AvgIpc) is 2.94. The third-order valence-electron chi connectivity index (χ3n) is 3.68. The van der Waals surface area contributed by atoms with Crippen molar-refractivity contribution >= 4 is 11.8 Å². The molecule has 2 aliphatic rings. The summed E-state index contributed by atoms with van der Waals surface area (Å²) in [5.74, 6) is -0.231. The number of nitrogens with one attached hydrogen (secondary N) is 2. The molecule has 2 amide bonds. The van der Waals surface area contributed by atoms with E-state index in [0.29, 0.717) is 26.1 Å². The fourth-order valence-corrected chi connectivity index (χ4v) is 2.52. The maximum absolute atomic E-state index is 12.5. The van der Waals surface area contributed by atoms with E-state index in [1.54, 1.807) is 19.1 Å². The van der Waals surface area contributed by atoms with E-state index in [-0.39, 0.29) is 30.6 Å². The molecule has 2 saturated heterocycles. The fraction of sp³-hybridized carbons (Fsp3) is 0.833. The normalized spacial score (nSPS) is 31.3. The first kappa shape index (κ1) is 14.2. The Morgan fingerprint density at radius 1 is 1.47 bits per heavy atom. The number of amides is 2. The number of nitrogens with zero attached hydrogens (tertiary/aromatic N) is 1. The molecule has 0 aromatic carbocycles. The summed E-state index contributed by atoms with van der Waals surface area (Å²) in [4.78, 5) is 25.9. The van der Waals surface area contributed by atoms with Crippen LogP contribution in [-0.2, 0) is 19.1 Å². The molecule has 3 unspecified atom stereocenters. The van der Waals surface area contributed by atoms with Crippen LogP contribution in [0.1, 0.15) is 6.42 Å². The predicted molar refractivity (Wildman–Crippen MR) is 67.6 cm³/mol. The summed E-state index contributed by atoms with van der Waals surface area (Å²) in [6, 6.07) is -0.801. The predicted octanol–water partition coefficient (Wildman–Crippen LogP) is -1.66. The van der Waals surface area contributed by atoms with Gasteiger partial charge in [-0.2, -0.15) is 0 Å². The SMILES string of the molecule is CNC(=O)C1COCCN1C(=O)C1CC(OC)CN1. The summed E-state index contributed by atoms with van der Waals surface area (Å²) < 4.78 is 10.5. The maximum atomic E-state index is 12.5. The molecule has 0 aliphatic carbocycles. The Bertz CT molecular complexity index is 350. The average molecular weight is 271 g/mol. The van der Waals surface area contributed by atoms with Gasteiger partial charge < -0.3 is 25.0 Å². The van der Waals surface area contributed by atoms with Gasteiger partial charge in [0, 0.05) is 27.2 Å². The second-order valence-electron chi connectivity index (χ2n) is 4.79. The van der Waals surface area contributed by atoms with Crippen molar-refractivity contribution in [3.8, 4) is 0 Å². The van der Waals surface area contributed by atoms with Gasteiger partial charge in [0.05, 0.1) is 25.4 Å². The number of hydrogen-bond acceptors (Lipinski definition) is 5. The van der Waals surface area contributed by atoms with Crippen molar-refractivity contribution in [1.82, 2.24) is 15.5 Å². The Balaban J connectivity index is 2.01. The molecular formula is C12H21N3O4. The summed E-state index contributed by atoms with van der Waals surface area (Å²) in [7, 11) is 3.20. The van der Waals surface area contributed by atoms with E-state index in [0.717, 1.165) is 0 Å². The zero-order valence-electron chi connectivity index (χ0n) is 11.3. The molecule has 0 aromatic rings.